The van der Waals surface area contributed by atoms with Crippen LogP contribution in [-0.4, -0.2) is 61.0 Å². The van der Waals surface area contributed by atoms with Gasteiger partial charge >= 0.3 is 0 Å². The normalized spacial score (nSPS) is 30.2. The van der Waals surface area contributed by atoms with Gasteiger partial charge in [0.25, 0.3) is 6.02 Å². The molecule has 2 unspecified atom stereocenters. The fraction of sp³-hybridized carbons (Fsp3) is 0.500. The van der Waals surface area contributed by atoms with Gasteiger partial charge in [0.05, 0.1) is 0 Å². The Morgan fingerprint density at radius 1 is 1.16 bits per heavy atom. The second-order valence-corrected chi connectivity index (χ2v) is 9.11. The van der Waals surface area contributed by atoms with Crippen molar-refractivity contribution in [2.75, 3.05) is 32.9 Å². The molecule has 1 spiro atoms. The zero-order chi connectivity index (χ0) is 21.7. The summed E-state index contributed by atoms with van der Waals surface area (Å²) in [5, 5.41) is 0. The Hall–Kier alpha value is -2.71. The van der Waals surface area contributed by atoms with Gasteiger partial charge in [-0.05, 0) is 49.1 Å². The van der Waals surface area contributed by atoms with Gasteiger partial charge in [0, 0.05) is 55.6 Å². The number of rotatable bonds is 2. The molecule has 1 aromatic carbocycles. The third-order valence-electron chi connectivity index (χ3n) is 7.45. The lowest BCUT2D eigenvalue weighted by Crippen LogP contribution is -2.59. The number of likely N-dealkylation sites (tertiary alicyclic amines) is 1. The third-order valence-corrected chi connectivity index (χ3v) is 7.45. The first-order chi connectivity index (χ1) is 15.6. The van der Waals surface area contributed by atoms with E-state index in [-0.39, 0.29) is 18.0 Å². The van der Waals surface area contributed by atoms with Gasteiger partial charge in [-0.25, -0.2) is 9.98 Å². The van der Waals surface area contributed by atoms with Gasteiger partial charge in [0.15, 0.2) is 0 Å². The predicted molar refractivity (Wildman–Crippen MR) is 117 cm³/mol. The first-order valence-electron chi connectivity index (χ1n) is 11.4. The van der Waals surface area contributed by atoms with Crippen molar-refractivity contribution in [3.63, 3.8) is 0 Å². The minimum absolute atomic E-state index is 0.0396. The Labute approximate surface area is 186 Å². The molecule has 0 amide bonds. The minimum atomic E-state index is -0.638. The maximum atomic E-state index is 14.4. The maximum Gasteiger partial charge on any atom is 0.283 e. The van der Waals surface area contributed by atoms with Crippen LogP contribution in [0.15, 0.2) is 41.5 Å². The number of nitrogens with two attached hydrogens (primary N) is 1. The quantitative estimate of drug-likeness (QED) is 0.726. The fourth-order valence-electron chi connectivity index (χ4n) is 5.81. The molecule has 4 aliphatic rings. The number of piperidine rings is 1. The minimum Gasteiger partial charge on any atom is -0.490 e. The molecule has 0 radical (unpaired) electrons. The molecule has 8 heteroatoms. The Bertz CT molecular complexity index is 1060. The second-order valence-electron chi connectivity index (χ2n) is 9.11. The summed E-state index contributed by atoms with van der Waals surface area (Å²) in [5.41, 5.74) is 7.53. The first kappa shape index (κ1) is 19.9. The summed E-state index contributed by atoms with van der Waals surface area (Å²) in [6, 6.07) is 9.98. The number of halogens is 1. The number of aromatic nitrogens is 1. The molecule has 2 aromatic rings. The van der Waals surface area contributed by atoms with Crippen LogP contribution in [0.25, 0.3) is 11.1 Å². The Morgan fingerprint density at radius 2 is 2.03 bits per heavy atom. The zero-order valence-corrected chi connectivity index (χ0v) is 17.9. The van der Waals surface area contributed by atoms with Crippen LogP contribution in [-0.2, 0) is 15.0 Å². The van der Waals surface area contributed by atoms with E-state index in [0.29, 0.717) is 18.2 Å². The Kier molecular flexibility index (Phi) is 4.80. The van der Waals surface area contributed by atoms with Crippen LogP contribution in [0.4, 0.5) is 4.39 Å². The van der Waals surface area contributed by atoms with E-state index in [0.717, 1.165) is 62.4 Å². The fourth-order valence-corrected chi connectivity index (χ4v) is 5.81. The number of ether oxygens (including phenoxy) is 3. The summed E-state index contributed by atoms with van der Waals surface area (Å²) < 4.78 is 32.2. The van der Waals surface area contributed by atoms with E-state index in [4.69, 9.17) is 24.9 Å². The summed E-state index contributed by atoms with van der Waals surface area (Å²) in [5.74, 6) is 0.382. The molecule has 1 aromatic heterocycles. The smallest absolute Gasteiger partial charge is 0.283 e. The molecule has 32 heavy (non-hydrogen) atoms. The monoisotopic (exact) mass is 438 g/mol. The highest BCUT2D eigenvalue weighted by atomic mass is 19.1. The van der Waals surface area contributed by atoms with Crippen LogP contribution < -0.4 is 10.5 Å². The molecule has 4 aliphatic heterocycles. The van der Waals surface area contributed by atoms with Gasteiger partial charge < -0.3 is 19.9 Å². The molecule has 3 atom stereocenters. The van der Waals surface area contributed by atoms with E-state index in [2.05, 4.69) is 9.88 Å². The van der Waals surface area contributed by atoms with Crippen LogP contribution in [0, 0.1) is 11.9 Å². The molecule has 2 saturated heterocycles. The van der Waals surface area contributed by atoms with E-state index < -0.39 is 11.5 Å². The highest BCUT2D eigenvalue weighted by Crippen LogP contribution is 2.51. The van der Waals surface area contributed by atoms with E-state index in [1.165, 1.54) is 6.20 Å². The Balaban J connectivity index is 1.41. The van der Waals surface area contributed by atoms with Crippen molar-refractivity contribution in [2.45, 2.75) is 36.9 Å². The molecule has 0 aliphatic carbocycles. The van der Waals surface area contributed by atoms with Crippen LogP contribution in [0.2, 0.25) is 0 Å². The van der Waals surface area contributed by atoms with Crippen molar-refractivity contribution in [1.29, 1.82) is 0 Å². The van der Waals surface area contributed by atoms with E-state index in [1.54, 1.807) is 12.1 Å². The molecular formula is C24H27FN4O3. The SMILES string of the molecule is NC1=NC2(CO1)c1cc(-c3cccnc3F)ccc1O[C@H]1CCN(C3CCOCC3)CC12. The number of amidine groups is 1. The topological polar surface area (TPSA) is 82.2 Å². The lowest BCUT2D eigenvalue weighted by Gasteiger charge is -2.50. The number of aliphatic imine (C=N–C) groups is 1. The molecule has 2 fully saturated rings. The number of fused-ring (bicyclic) bond motifs is 4. The first-order valence-corrected chi connectivity index (χ1v) is 11.4. The zero-order valence-electron chi connectivity index (χ0n) is 17.9. The summed E-state index contributed by atoms with van der Waals surface area (Å²) in [4.78, 5) is 11.2. The lowest BCUT2D eigenvalue weighted by molar-refractivity contribution is -0.0521. The Morgan fingerprint density at radius 3 is 2.81 bits per heavy atom. The molecule has 7 nitrogen and oxygen atoms in total. The van der Waals surface area contributed by atoms with Crippen molar-refractivity contribution in [3.8, 4) is 16.9 Å². The summed E-state index contributed by atoms with van der Waals surface area (Å²) >= 11 is 0. The van der Waals surface area contributed by atoms with Crippen LogP contribution in [0.3, 0.4) is 0 Å². The average molecular weight is 439 g/mol. The largest absolute Gasteiger partial charge is 0.490 e. The highest BCUT2D eigenvalue weighted by Gasteiger charge is 2.56. The van der Waals surface area contributed by atoms with E-state index >= 15 is 0 Å². The molecule has 168 valence electrons. The van der Waals surface area contributed by atoms with Gasteiger partial charge in [-0.1, -0.05) is 6.07 Å². The molecule has 0 bridgehead atoms. The van der Waals surface area contributed by atoms with Crippen molar-refractivity contribution in [2.24, 2.45) is 16.6 Å². The number of hydrogen-bond donors (Lipinski definition) is 1. The highest BCUT2D eigenvalue weighted by molar-refractivity contribution is 5.75. The number of pyridine rings is 1. The number of nitrogens with zero attached hydrogens (tertiary/aromatic N) is 3. The van der Waals surface area contributed by atoms with Gasteiger partial charge in [-0.2, -0.15) is 4.39 Å². The molecule has 2 N–H and O–H groups in total. The molecule has 0 saturated carbocycles. The summed E-state index contributed by atoms with van der Waals surface area (Å²) in [6.07, 6.45) is 4.52. The predicted octanol–water partition coefficient (Wildman–Crippen LogP) is 2.69. The molecule has 5 heterocycles. The van der Waals surface area contributed by atoms with E-state index in [9.17, 15) is 4.39 Å². The summed E-state index contributed by atoms with van der Waals surface area (Å²) in [6.45, 7) is 3.86. The van der Waals surface area contributed by atoms with Crippen LogP contribution >= 0.6 is 0 Å². The number of benzene rings is 1. The van der Waals surface area contributed by atoms with Crippen molar-refractivity contribution < 1.29 is 18.6 Å². The second kappa shape index (κ2) is 7.71. The van der Waals surface area contributed by atoms with E-state index in [1.807, 2.05) is 18.2 Å². The van der Waals surface area contributed by atoms with Crippen LogP contribution in [0.5, 0.6) is 5.75 Å². The molecule has 6 rings (SSSR count). The van der Waals surface area contributed by atoms with Gasteiger partial charge in [-0.3, -0.25) is 4.90 Å². The summed E-state index contributed by atoms with van der Waals surface area (Å²) in [7, 11) is 0. The maximum absolute atomic E-state index is 14.4. The van der Waals surface area contributed by atoms with Crippen LogP contribution in [0.1, 0.15) is 24.8 Å². The average Bonchev–Trinajstić information content (AvgIpc) is 3.22. The molecular weight excluding hydrogens is 411 g/mol. The van der Waals surface area contributed by atoms with Crippen molar-refractivity contribution in [1.82, 2.24) is 9.88 Å². The van der Waals surface area contributed by atoms with Gasteiger partial charge in [0.2, 0.25) is 5.95 Å². The lowest BCUT2D eigenvalue weighted by atomic mass is 9.70. The van der Waals surface area contributed by atoms with Crippen molar-refractivity contribution >= 4 is 6.02 Å². The third kappa shape index (κ3) is 3.16. The standard InChI is InChI=1S/C24H27FN4O3/c25-22-17(2-1-8-27-22)15-3-4-20-18(12-15)24(14-31-23(26)28-24)19-13-29(9-5-21(19)32-20)16-6-10-30-11-7-16/h1-4,8,12,16,19,21H,5-7,9-11,13-14H2,(H2,26,28)/t19?,21-,24?/m0/s1. The number of hydrogen-bond acceptors (Lipinski definition) is 7. The van der Waals surface area contributed by atoms with Crippen molar-refractivity contribution in [3.05, 3.63) is 48.0 Å². The van der Waals surface area contributed by atoms with Gasteiger partial charge in [-0.15, -0.1) is 0 Å². The van der Waals surface area contributed by atoms with Gasteiger partial charge in [0.1, 0.15) is 24.0 Å².